The highest BCUT2D eigenvalue weighted by Crippen LogP contribution is 2.27. The molecule has 0 radical (unpaired) electrons. The lowest BCUT2D eigenvalue weighted by Crippen LogP contribution is -2.23. The van der Waals surface area contributed by atoms with Crippen LogP contribution < -0.4 is 15.7 Å². The van der Waals surface area contributed by atoms with E-state index in [0.29, 0.717) is 0 Å². The Morgan fingerprint density at radius 3 is 1.71 bits per heavy atom. The molecule has 0 unspecified atom stereocenters. The predicted molar refractivity (Wildman–Crippen MR) is 77.4 cm³/mol. The van der Waals surface area contributed by atoms with Gasteiger partial charge in [-0.15, -0.1) is 0 Å². The van der Waals surface area contributed by atoms with E-state index in [1.165, 1.54) is 17.0 Å². The van der Waals surface area contributed by atoms with Crippen LogP contribution in [-0.4, -0.2) is 6.54 Å². The van der Waals surface area contributed by atoms with Crippen molar-refractivity contribution in [1.82, 2.24) is 5.09 Å². The Hall–Kier alpha value is -1.17. The van der Waals surface area contributed by atoms with E-state index in [9.17, 15) is 0 Å². The van der Waals surface area contributed by atoms with E-state index in [4.69, 9.17) is 0 Å². The van der Waals surface area contributed by atoms with Gasteiger partial charge in [-0.05, 0) is 23.6 Å². The summed E-state index contributed by atoms with van der Waals surface area (Å²) in [7, 11) is -0.407. The molecule has 0 aliphatic carbocycles. The van der Waals surface area contributed by atoms with Crippen molar-refractivity contribution < 1.29 is 0 Å². The lowest BCUT2D eigenvalue weighted by molar-refractivity contribution is 0.872. The van der Waals surface area contributed by atoms with Gasteiger partial charge in [-0.1, -0.05) is 67.6 Å². The Bertz CT molecular complexity index is 388. The zero-order valence-electron chi connectivity index (χ0n) is 10.1. The maximum absolute atomic E-state index is 3.67. The van der Waals surface area contributed by atoms with Crippen molar-refractivity contribution in [2.24, 2.45) is 0 Å². The fourth-order valence-corrected chi connectivity index (χ4v) is 3.76. The molecule has 17 heavy (non-hydrogen) atoms. The van der Waals surface area contributed by atoms with E-state index in [1.807, 2.05) is 0 Å². The van der Waals surface area contributed by atoms with Gasteiger partial charge in [-0.2, -0.15) is 0 Å². The number of rotatable bonds is 5. The van der Waals surface area contributed by atoms with Gasteiger partial charge in [-0.25, -0.2) is 0 Å². The van der Waals surface area contributed by atoms with E-state index >= 15 is 0 Å². The summed E-state index contributed by atoms with van der Waals surface area (Å²) in [5.74, 6) is 0. The first kappa shape index (κ1) is 12.3. The molecule has 0 amide bonds. The van der Waals surface area contributed by atoms with Gasteiger partial charge in [0.05, 0.1) is 0 Å². The van der Waals surface area contributed by atoms with Crippen LogP contribution in [0.15, 0.2) is 60.7 Å². The third-order valence-electron chi connectivity index (χ3n) is 2.55. The zero-order chi connectivity index (χ0) is 11.9. The molecule has 0 aromatic heterocycles. The molecule has 0 saturated carbocycles. The summed E-state index contributed by atoms with van der Waals surface area (Å²) in [5.41, 5.74) is 0. The monoisotopic (exact) mass is 243 g/mol. The molecule has 1 N–H and O–H groups in total. The number of nitrogens with one attached hydrogen (secondary N) is 1. The molecule has 2 aromatic rings. The summed E-state index contributed by atoms with van der Waals surface area (Å²) >= 11 is 0. The van der Waals surface area contributed by atoms with Crippen LogP contribution in [0.4, 0.5) is 0 Å². The normalized spacial score (nSPS) is 10.7. The van der Waals surface area contributed by atoms with Gasteiger partial charge in [0, 0.05) is 8.07 Å². The molecule has 88 valence electrons. The van der Waals surface area contributed by atoms with Crippen LogP contribution in [0.5, 0.6) is 0 Å². The minimum atomic E-state index is -0.407. The molecule has 0 heterocycles. The lowest BCUT2D eigenvalue weighted by Gasteiger charge is -2.19. The second-order valence-electron chi connectivity index (χ2n) is 3.91. The summed E-state index contributed by atoms with van der Waals surface area (Å²) in [6.07, 6.45) is 1.17. The fraction of sp³-hybridized carbons (Fsp3) is 0.200. The Labute approximate surface area is 105 Å². The molecule has 1 nitrogen and oxygen atoms in total. The smallest absolute Gasteiger partial charge is 0.0253 e. The van der Waals surface area contributed by atoms with Gasteiger partial charge in [0.2, 0.25) is 0 Å². The molecule has 2 rings (SSSR count). The minimum Gasteiger partial charge on any atom is -0.289 e. The van der Waals surface area contributed by atoms with Crippen molar-refractivity contribution in [3.05, 3.63) is 60.7 Å². The van der Waals surface area contributed by atoms with Crippen LogP contribution >= 0.6 is 8.07 Å². The first-order chi connectivity index (χ1) is 8.42. The molecule has 0 aliphatic heterocycles. The Balaban J connectivity index is 2.26. The summed E-state index contributed by atoms with van der Waals surface area (Å²) in [5, 5.41) is 6.45. The Kier molecular flexibility index (Phi) is 4.73. The van der Waals surface area contributed by atoms with Gasteiger partial charge in [0.1, 0.15) is 0 Å². The number of benzene rings is 2. The SMILES string of the molecule is CCCNP(c1ccccc1)c1ccccc1. The van der Waals surface area contributed by atoms with Crippen molar-refractivity contribution in [3.8, 4) is 0 Å². The lowest BCUT2D eigenvalue weighted by atomic mass is 10.4. The highest BCUT2D eigenvalue weighted by Gasteiger charge is 2.11. The van der Waals surface area contributed by atoms with Crippen LogP contribution in [0.3, 0.4) is 0 Å². The Morgan fingerprint density at radius 2 is 1.29 bits per heavy atom. The largest absolute Gasteiger partial charge is 0.289 e. The number of hydrogen-bond donors (Lipinski definition) is 1. The molecule has 2 aromatic carbocycles. The third-order valence-corrected chi connectivity index (χ3v) is 4.72. The van der Waals surface area contributed by atoms with Crippen LogP contribution in [-0.2, 0) is 0 Å². The van der Waals surface area contributed by atoms with E-state index in [0.717, 1.165) is 6.54 Å². The van der Waals surface area contributed by atoms with E-state index in [2.05, 4.69) is 72.7 Å². The standard InChI is InChI=1S/C15H18NP/c1-2-13-16-17(14-9-5-3-6-10-14)15-11-7-4-8-12-15/h3-12,16H,2,13H2,1H3. The van der Waals surface area contributed by atoms with Crippen LogP contribution in [0.25, 0.3) is 0 Å². The molecule has 0 atom stereocenters. The fourth-order valence-electron chi connectivity index (χ4n) is 1.71. The second kappa shape index (κ2) is 6.54. The zero-order valence-corrected chi connectivity index (χ0v) is 11.0. The molecule has 0 bridgehead atoms. The molecular formula is C15H18NP. The topological polar surface area (TPSA) is 12.0 Å². The predicted octanol–water partition coefficient (Wildman–Crippen LogP) is 3.03. The third kappa shape index (κ3) is 3.39. The first-order valence-corrected chi connectivity index (χ1v) is 7.39. The summed E-state index contributed by atoms with van der Waals surface area (Å²) in [6, 6.07) is 21.4. The van der Waals surface area contributed by atoms with E-state index in [-0.39, 0.29) is 0 Å². The van der Waals surface area contributed by atoms with Gasteiger partial charge in [-0.3, -0.25) is 5.09 Å². The molecule has 0 saturated heterocycles. The summed E-state index contributed by atoms with van der Waals surface area (Å²) < 4.78 is 0. The quantitative estimate of drug-likeness (QED) is 0.796. The summed E-state index contributed by atoms with van der Waals surface area (Å²) in [4.78, 5) is 0. The van der Waals surface area contributed by atoms with Crippen molar-refractivity contribution in [3.63, 3.8) is 0 Å². The Morgan fingerprint density at radius 1 is 0.824 bits per heavy atom. The van der Waals surface area contributed by atoms with Crippen molar-refractivity contribution in [1.29, 1.82) is 0 Å². The van der Waals surface area contributed by atoms with Gasteiger partial charge in [0.25, 0.3) is 0 Å². The average Bonchev–Trinajstić information content (AvgIpc) is 2.42. The van der Waals surface area contributed by atoms with Crippen LogP contribution in [0.2, 0.25) is 0 Å². The maximum Gasteiger partial charge on any atom is 0.0253 e. The molecule has 0 spiro atoms. The van der Waals surface area contributed by atoms with Crippen molar-refractivity contribution >= 4 is 18.7 Å². The van der Waals surface area contributed by atoms with Crippen LogP contribution in [0, 0.1) is 0 Å². The minimum absolute atomic E-state index is 0.407. The average molecular weight is 243 g/mol. The van der Waals surface area contributed by atoms with Crippen molar-refractivity contribution in [2.75, 3.05) is 6.54 Å². The van der Waals surface area contributed by atoms with Gasteiger partial charge < -0.3 is 0 Å². The highest BCUT2D eigenvalue weighted by molar-refractivity contribution is 7.71. The van der Waals surface area contributed by atoms with E-state index < -0.39 is 8.07 Å². The highest BCUT2D eigenvalue weighted by atomic mass is 31.1. The molecule has 0 aliphatic rings. The summed E-state index contributed by atoms with van der Waals surface area (Å²) in [6.45, 7) is 3.27. The molecular weight excluding hydrogens is 225 g/mol. The number of hydrogen-bond acceptors (Lipinski definition) is 1. The van der Waals surface area contributed by atoms with Gasteiger partial charge >= 0.3 is 0 Å². The van der Waals surface area contributed by atoms with Crippen molar-refractivity contribution in [2.45, 2.75) is 13.3 Å². The second-order valence-corrected chi connectivity index (χ2v) is 5.93. The van der Waals surface area contributed by atoms with Crippen LogP contribution in [0.1, 0.15) is 13.3 Å². The maximum atomic E-state index is 3.67. The molecule has 2 heteroatoms. The van der Waals surface area contributed by atoms with E-state index in [1.54, 1.807) is 0 Å². The molecule has 0 fully saturated rings. The first-order valence-electron chi connectivity index (χ1n) is 6.05. The van der Waals surface area contributed by atoms with Gasteiger partial charge in [0.15, 0.2) is 0 Å².